The van der Waals surface area contributed by atoms with Crippen LogP contribution in [0.2, 0.25) is 0 Å². The molecule has 1 rings (SSSR count). The van der Waals surface area contributed by atoms with Gasteiger partial charge >= 0.3 is 5.97 Å². The summed E-state index contributed by atoms with van der Waals surface area (Å²) >= 11 is 0. The first kappa shape index (κ1) is 11.2. The second-order valence-corrected chi connectivity index (χ2v) is 3.29. The van der Waals surface area contributed by atoms with Crippen LogP contribution in [0.4, 0.5) is 0 Å². The number of aliphatic hydroxyl groups is 1. The molecule has 2 N–H and O–H groups in total. The SMILES string of the molecule is Cc1cc(CO)cc(CC(=O)O)c1C#N. The summed E-state index contributed by atoms with van der Waals surface area (Å²) in [5.74, 6) is -0.985. The van der Waals surface area contributed by atoms with Crippen molar-refractivity contribution >= 4 is 5.97 Å². The number of hydrogen-bond acceptors (Lipinski definition) is 3. The van der Waals surface area contributed by atoms with Gasteiger partial charge < -0.3 is 10.2 Å². The summed E-state index contributed by atoms with van der Waals surface area (Å²) in [6, 6.07) is 5.22. The third kappa shape index (κ3) is 2.55. The van der Waals surface area contributed by atoms with Crippen molar-refractivity contribution < 1.29 is 15.0 Å². The lowest BCUT2D eigenvalue weighted by molar-refractivity contribution is -0.136. The molecule has 78 valence electrons. The Hall–Kier alpha value is -1.86. The van der Waals surface area contributed by atoms with Gasteiger partial charge in [0.2, 0.25) is 0 Å². The van der Waals surface area contributed by atoms with Crippen molar-refractivity contribution in [2.75, 3.05) is 0 Å². The van der Waals surface area contributed by atoms with Crippen LogP contribution < -0.4 is 0 Å². The summed E-state index contributed by atoms with van der Waals surface area (Å²) in [7, 11) is 0. The van der Waals surface area contributed by atoms with E-state index in [4.69, 9.17) is 15.5 Å². The molecule has 1 aromatic rings. The first-order chi connectivity index (χ1) is 7.08. The lowest BCUT2D eigenvalue weighted by Crippen LogP contribution is -2.04. The fraction of sp³-hybridized carbons (Fsp3) is 0.273. The Balaban J connectivity index is 3.27. The van der Waals surface area contributed by atoms with Crippen LogP contribution in [0.5, 0.6) is 0 Å². The Kier molecular flexibility index (Phi) is 3.42. The first-order valence-electron chi connectivity index (χ1n) is 4.43. The van der Waals surface area contributed by atoms with Crippen LogP contribution in [0, 0.1) is 18.3 Å². The number of benzene rings is 1. The molecule has 0 saturated heterocycles. The molecule has 0 spiro atoms. The Morgan fingerprint density at radius 2 is 2.20 bits per heavy atom. The minimum Gasteiger partial charge on any atom is -0.481 e. The van der Waals surface area contributed by atoms with Crippen molar-refractivity contribution in [1.82, 2.24) is 0 Å². The van der Waals surface area contributed by atoms with Gasteiger partial charge in [-0.3, -0.25) is 4.79 Å². The highest BCUT2D eigenvalue weighted by atomic mass is 16.4. The molecular formula is C11H11NO3. The van der Waals surface area contributed by atoms with Gasteiger partial charge in [0.15, 0.2) is 0 Å². The number of carboxylic acids is 1. The second-order valence-electron chi connectivity index (χ2n) is 3.29. The van der Waals surface area contributed by atoms with E-state index in [1.165, 1.54) is 0 Å². The Labute approximate surface area is 87.4 Å². The standard InChI is InChI=1S/C11H11NO3/c1-7-2-8(6-13)3-9(4-11(14)15)10(7)5-12/h2-3,13H,4,6H2,1H3,(H,14,15). The predicted molar refractivity (Wildman–Crippen MR) is 53.2 cm³/mol. The largest absolute Gasteiger partial charge is 0.481 e. The molecule has 0 fully saturated rings. The van der Waals surface area contributed by atoms with E-state index in [0.717, 1.165) is 0 Å². The monoisotopic (exact) mass is 205 g/mol. The van der Waals surface area contributed by atoms with Crippen LogP contribution in [0.1, 0.15) is 22.3 Å². The molecule has 0 bridgehead atoms. The maximum Gasteiger partial charge on any atom is 0.307 e. The number of aliphatic carboxylic acids is 1. The van der Waals surface area contributed by atoms with Crippen molar-refractivity contribution in [2.24, 2.45) is 0 Å². The number of carbonyl (C=O) groups is 1. The van der Waals surface area contributed by atoms with E-state index in [1.54, 1.807) is 19.1 Å². The summed E-state index contributed by atoms with van der Waals surface area (Å²) in [6.45, 7) is 1.57. The lowest BCUT2D eigenvalue weighted by atomic mass is 9.97. The predicted octanol–water partition coefficient (Wildman–Crippen LogP) is 0.986. The fourth-order valence-corrected chi connectivity index (χ4v) is 1.49. The zero-order valence-corrected chi connectivity index (χ0v) is 8.32. The van der Waals surface area contributed by atoms with Crippen LogP contribution in [-0.4, -0.2) is 16.2 Å². The number of nitrogens with zero attached hydrogens (tertiary/aromatic N) is 1. The zero-order valence-electron chi connectivity index (χ0n) is 8.32. The van der Waals surface area contributed by atoms with Gasteiger partial charge in [-0.05, 0) is 23.6 Å². The summed E-state index contributed by atoms with van der Waals surface area (Å²) in [6.07, 6.45) is -0.197. The van der Waals surface area contributed by atoms with Crippen LogP contribution in [0.3, 0.4) is 0 Å². The number of carboxylic acid groups (broad SMARTS) is 1. The highest BCUT2D eigenvalue weighted by Gasteiger charge is 2.10. The summed E-state index contributed by atoms with van der Waals surface area (Å²) < 4.78 is 0. The van der Waals surface area contributed by atoms with Crippen molar-refractivity contribution in [1.29, 1.82) is 5.26 Å². The van der Waals surface area contributed by atoms with Crippen molar-refractivity contribution in [3.63, 3.8) is 0 Å². The first-order valence-corrected chi connectivity index (χ1v) is 4.43. The van der Waals surface area contributed by atoms with E-state index in [2.05, 4.69) is 0 Å². The van der Waals surface area contributed by atoms with Gasteiger partial charge in [0.05, 0.1) is 24.7 Å². The minimum atomic E-state index is -0.985. The second kappa shape index (κ2) is 4.58. The Bertz CT molecular complexity index is 432. The highest BCUT2D eigenvalue weighted by molar-refractivity contribution is 5.71. The van der Waals surface area contributed by atoms with E-state index in [9.17, 15) is 4.79 Å². The van der Waals surface area contributed by atoms with Crippen LogP contribution in [0.25, 0.3) is 0 Å². The van der Waals surface area contributed by atoms with E-state index < -0.39 is 5.97 Å². The number of rotatable bonds is 3. The van der Waals surface area contributed by atoms with Gasteiger partial charge in [-0.2, -0.15) is 5.26 Å². The average Bonchev–Trinajstić information content (AvgIpc) is 2.16. The van der Waals surface area contributed by atoms with Crippen molar-refractivity contribution in [2.45, 2.75) is 20.0 Å². The minimum absolute atomic E-state index is 0.154. The fourth-order valence-electron chi connectivity index (χ4n) is 1.49. The highest BCUT2D eigenvalue weighted by Crippen LogP contribution is 2.17. The molecule has 0 aliphatic rings. The molecule has 1 aromatic carbocycles. The molecule has 0 radical (unpaired) electrons. The number of aliphatic hydroxyl groups excluding tert-OH is 1. The molecule has 15 heavy (non-hydrogen) atoms. The number of aryl methyl sites for hydroxylation is 1. The van der Waals surface area contributed by atoms with E-state index >= 15 is 0 Å². The molecule has 4 nitrogen and oxygen atoms in total. The molecule has 0 unspecified atom stereocenters. The molecule has 0 atom stereocenters. The van der Waals surface area contributed by atoms with Gasteiger partial charge in [-0.1, -0.05) is 12.1 Å². The topological polar surface area (TPSA) is 81.3 Å². The number of nitriles is 1. The maximum absolute atomic E-state index is 10.6. The van der Waals surface area contributed by atoms with Gasteiger partial charge in [-0.25, -0.2) is 0 Å². The number of hydrogen-bond donors (Lipinski definition) is 2. The van der Waals surface area contributed by atoms with Gasteiger partial charge in [0, 0.05) is 0 Å². The van der Waals surface area contributed by atoms with Crippen molar-refractivity contribution in [3.8, 4) is 6.07 Å². The van der Waals surface area contributed by atoms with Crippen LogP contribution in [-0.2, 0) is 17.8 Å². The summed E-state index contributed by atoms with van der Waals surface area (Å²) in [4.78, 5) is 10.6. The van der Waals surface area contributed by atoms with Gasteiger partial charge in [0.25, 0.3) is 0 Å². The van der Waals surface area contributed by atoms with Crippen LogP contribution in [0.15, 0.2) is 12.1 Å². The maximum atomic E-state index is 10.6. The third-order valence-electron chi connectivity index (χ3n) is 2.11. The van der Waals surface area contributed by atoms with E-state index in [1.807, 2.05) is 6.07 Å². The Morgan fingerprint density at radius 3 is 2.67 bits per heavy atom. The van der Waals surface area contributed by atoms with Gasteiger partial charge in [0.1, 0.15) is 0 Å². The molecule has 0 aliphatic carbocycles. The van der Waals surface area contributed by atoms with E-state index in [-0.39, 0.29) is 13.0 Å². The van der Waals surface area contributed by atoms with E-state index in [0.29, 0.717) is 22.3 Å². The molecule has 0 aromatic heterocycles. The molecule has 4 heteroatoms. The molecule has 0 amide bonds. The lowest BCUT2D eigenvalue weighted by Gasteiger charge is -2.07. The Morgan fingerprint density at radius 1 is 1.53 bits per heavy atom. The zero-order chi connectivity index (χ0) is 11.4. The quantitative estimate of drug-likeness (QED) is 0.770. The smallest absolute Gasteiger partial charge is 0.307 e. The summed E-state index contributed by atoms with van der Waals surface area (Å²) in [5, 5.41) is 26.5. The summed E-state index contributed by atoms with van der Waals surface area (Å²) in [5.41, 5.74) is 2.16. The average molecular weight is 205 g/mol. The van der Waals surface area contributed by atoms with Crippen molar-refractivity contribution in [3.05, 3.63) is 34.4 Å². The molecule has 0 heterocycles. The van der Waals surface area contributed by atoms with Crippen LogP contribution >= 0.6 is 0 Å². The normalized spacial score (nSPS) is 9.67. The molecule has 0 aliphatic heterocycles. The molecule has 0 saturated carbocycles. The third-order valence-corrected chi connectivity index (χ3v) is 2.11. The van der Waals surface area contributed by atoms with Gasteiger partial charge in [-0.15, -0.1) is 0 Å². The molecular weight excluding hydrogens is 194 g/mol.